The minimum absolute atomic E-state index is 0.129. The standard InChI is InChI=1S/C21H23NO5/c1-2-18-16-13-14(15-5-3-4-6-17(15)23)7-8-19(16)27-21(26-18)9-11-22(12-10-21)20(24)25/h3-8,13,18,23H,2,9-12H2,1H3,(H,24,25). The first-order chi connectivity index (χ1) is 13.0. The molecule has 1 amide bonds. The molecule has 27 heavy (non-hydrogen) atoms. The van der Waals surface area contributed by atoms with Crippen molar-refractivity contribution in [1.29, 1.82) is 0 Å². The van der Waals surface area contributed by atoms with Gasteiger partial charge in [-0.05, 0) is 30.2 Å². The zero-order valence-electron chi connectivity index (χ0n) is 15.2. The van der Waals surface area contributed by atoms with E-state index in [-0.39, 0.29) is 11.9 Å². The highest BCUT2D eigenvalue weighted by Gasteiger charge is 2.44. The number of para-hydroxylation sites is 1. The molecule has 6 heteroatoms. The van der Waals surface area contributed by atoms with Gasteiger partial charge < -0.3 is 24.6 Å². The van der Waals surface area contributed by atoms with E-state index in [0.29, 0.717) is 25.9 Å². The van der Waals surface area contributed by atoms with Crippen LogP contribution < -0.4 is 4.74 Å². The zero-order valence-corrected chi connectivity index (χ0v) is 15.2. The molecule has 2 aromatic rings. The van der Waals surface area contributed by atoms with Gasteiger partial charge in [0.25, 0.3) is 0 Å². The minimum atomic E-state index is -0.902. The molecule has 2 aromatic carbocycles. The molecule has 0 aliphatic carbocycles. The average molecular weight is 369 g/mol. The number of amides is 1. The van der Waals surface area contributed by atoms with Crippen molar-refractivity contribution in [3.8, 4) is 22.6 Å². The van der Waals surface area contributed by atoms with Gasteiger partial charge in [-0.15, -0.1) is 0 Å². The summed E-state index contributed by atoms with van der Waals surface area (Å²) in [7, 11) is 0. The fraction of sp³-hybridized carbons (Fsp3) is 0.381. The molecule has 1 unspecified atom stereocenters. The molecule has 2 N–H and O–H groups in total. The highest BCUT2D eigenvalue weighted by atomic mass is 16.7. The lowest BCUT2D eigenvalue weighted by molar-refractivity contribution is -0.248. The summed E-state index contributed by atoms with van der Waals surface area (Å²) in [5.74, 6) is 0.243. The molecule has 142 valence electrons. The molecular weight excluding hydrogens is 346 g/mol. The normalized spacial score (nSPS) is 20.8. The third kappa shape index (κ3) is 3.21. The Balaban J connectivity index is 1.64. The van der Waals surface area contributed by atoms with Crippen molar-refractivity contribution >= 4 is 6.09 Å². The number of carboxylic acid groups (broad SMARTS) is 1. The van der Waals surface area contributed by atoms with Crippen molar-refractivity contribution in [2.75, 3.05) is 13.1 Å². The third-order valence-corrected chi connectivity index (χ3v) is 5.39. The summed E-state index contributed by atoms with van der Waals surface area (Å²) in [6, 6.07) is 13.1. The molecule has 1 fully saturated rings. The van der Waals surface area contributed by atoms with Gasteiger partial charge in [-0.25, -0.2) is 4.79 Å². The Labute approximate surface area is 157 Å². The average Bonchev–Trinajstić information content (AvgIpc) is 2.68. The predicted octanol–water partition coefficient (Wildman–Crippen LogP) is 4.39. The van der Waals surface area contributed by atoms with Crippen LogP contribution in [0.2, 0.25) is 0 Å². The van der Waals surface area contributed by atoms with Gasteiger partial charge in [-0.2, -0.15) is 0 Å². The maximum atomic E-state index is 11.2. The molecule has 0 saturated carbocycles. The van der Waals surface area contributed by atoms with Gasteiger partial charge in [0.05, 0.1) is 6.10 Å². The molecule has 6 nitrogen and oxygen atoms in total. The van der Waals surface area contributed by atoms with Crippen molar-refractivity contribution in [3.63, 3.8) is 0 Å². The molecular formula is C21H23NO5. The molecule has 2 heterocycles. The predicted molar refractivity (Wildman–Crippen MR) is 99.9 cm³/mol. The van der Waals surface area contributed by atoms with Crippen LogP contribution in [-0.4, -0.2) is 40.1 Å². The fourth-order valence-electron chi connectivity index (χ4n) is 3.89. The Hall–Kier alpha value is -2.73. The number of likely N-dealkylation sites (tertiary alicyclic amines) is 1. The van der Waals surface area contributed by atoms with Crippen molar-refractivity contribution < 1.29 is 24.5 Å². The van der Waals surface area contributed by atoms with Crippen LogP contribution in [-0.2, 0) is 4.74 Å². The maximum absolute atomic E-state index is 11.2. The van der Waals surface area contributed by atoms with E-state index in [4.69, 9.17) is 14.6 Å². The van der Waals surface area contributed by atoms with E-state index in [9.17, 15) is 9.90 Å². The summed E-state index contributed by atoms with van der Waals surface area (Å²) in [6.45, 7) is 2.86. The van der Waals surface area contributed by atoms with Crippen LogP contribution >= 0.6 is 0 Å². The highest BCUT2D eigenvalue weighted by molar-refractivity contribution is 5.71. The van der Waals surface area contributed by atoms with Crippen LogP contribution in [0.3, 0.4) is 0 Å². The molecule has 1 spiro atoms. The number of hydrogen-bond donors (Lipinski definition) is 2. The number of benzene rings is 2. The summed E-state index contributed by atoms with van der Waals surface area (Å²) in [4.78, 5) is 12.6. The minimum Gasteiger partial charge on any atom is -0.507 e. The van der Waals surface area contributed by atoms with E-state index >= 15 is 0 Å². The Morgan fingerprint density at radius 3 is 2.63 bits per heavy atom. The quantitative estimate of drug-likeness (QED) is 0.821. The lowest BCUT2D eigenvalue weighted by atomic mass is 9.94. The molecule has 4 rings (SSSR count). The zero-order chi connectivity index (χ0) is 19.0. The SMILES string of the molecule is CCC1OC2(CCN(C(=O)O)CC2)Oc2ccc(-c3ccccc3O)cc21. The lowest BCUT2D eigenvalue weighted by Crippen LogP contribution is -2.53. The van der Waals surface area contributed by atoms with Gasteiger partial charge in [0.2, 0.25) is 5.79 Å². The van der Waals surface area contributed by atoms with Crippen molar-refractivity contribution in [3.05, 3.63) is 48.0 Å². The first-order valence-electron chi connectivity index (χ1n) is 9.28. The number of carbonyl (C=O) groups is 1. The molecule has 0 bridgehead atoms. The Morgan fingerprint density at radius 2 is 1.96 bits per heavy atom. The van der Waals surface area contributed by atoms with Crippen LogP contribution in [0.15, 0.2) is 42.5 Å². The fourth-order valence-corrected chi connectivity index (χ4v) is 3.89. The van der Waals surface area contributed by atoms with Crippen LogP contribution in [0.4, 0.5) is 4.79 Å². The Kier molecular flexibility index (Phi) is 4.44. The highest BCUT2D eigenvalue weighted by Crippen LogP contribution is 2.46. The smallest absolute Gasteiger partial charge is 0.407 e. The maximum Gasteiger partial charge on any atom is 0.407 e. The first kappa shape index (κ1) is 17.7. The van der Waals surface area contributed by atoms with E-state index in [0.717, 1.165) is 28.9 Å². The molecule has 1 atom stereocenters. The summed E-state index contributed by atoms with van der Waals surface area (Å²) in [5, 5.41) is 19.3. The van der Waals surface area contributed by atoms with Gasteiger partial charge in [0.1, 0.15) is 11.5 Å². The second kappa shape index (κ2) is 6.78. The number of piperidine rings is 1. The monoisotopic (exact) mass is 369 g/mol. The van der Waals surface area contributed by atoms with E-state index in [1.165, 1.54) is 4.90 Å². The van der Waals surface area contributed by atoms with Crippen LogP contribution in [0, 0.1) is 0 Å². The number of nitrogens with zero attached hydrogens (tertiary/aromatic N) is 1. The summed E-state index contributed by atoms with van der Waals surface area (Å²) in [6.07, 6.45) is 0.772. The topological polar surface area (TPSA) is 79.2 Å². The number of phenols is 1. The van der Waals surface area contributed by atoms with E-state index < -0.39 is 11.9 Å². The van der Waals surface area contributed by atoms with Crippen molar-refractivity contribution in [2.24, 2.45) is 0 Å². The summed E-state index contributed by atoms with van der Waals surface area (Å²) >= 11 is 0. The molecule has 0 aromatic heterocycles. The van der Waals surface area contributed by atoms with Gasteiger partial charge in [-0.1, -0.05) is 31.2 Å². The van der Waals surface area contributed by atoms with E-state index in [2.05, 4.69) is 6.92 Å². The van der Waals surface area contributed by atoms with E-state index in [1.54, 1.807) is 12.1 Å². The van der Waals surface area contributed by atoms with Crippen LogP contribution in [0.25, 0.3) is 11.1 Å². The first-order valence-corrected chi connectivity index (χ1v) is 9.28. The molecule has 2 aliphatic rings. The summed E-state index contributed by atoms with van der Waals surface area (Å²) in [5.41, 5.74) is 2.64. The second-order valence-corrected chi connectivity index (χ2v) is 7.07. The third-order valence-electron chi connectivity index (χ3n) is 5.39. The number of fused-ring (bicyclic) bond motifs is 1. The second-order valence-electron chi connectivity index (χ2n) is 7.07. The van der Waals surface area contributed by atoms with Crippen LogP contribution in [0.1, 0.15) is 37.9 Å². The molecule has 2 aliphatic heterocycles. The van der Waals surface area contributed by atoms with Crippen molar-refractivity contribution in [1.82, 2.24) is 4.90 Å². The molecule has 0 radical (unpaired) electrons. The van der Waals surface area contributed by atoms with Crippen molar-refractivity contribution in [2.45, 2.75) is 38.1 Å². The van der Waals surface area contributed by atoms with Gasteiger partial charge >= 0.3 is 6.09 Å². The van der Waals surface area contributed by atoms with Gasteiger partial charge in [-0.3, -0.25) is 0 Å². The largest absolute Gasteiger partial charge is 0.507 e. The number of hydrogen-bond acceptors (Lipinski definition) is 4. The lowest BCUT2D eigenvalue weighted by Gasteiger charge is -2.46. The Morgan fingerprint density at radius 1 is 1.22 bits per heavy atom. The number of ether oxygens (including phenoxy) is 2. The molecule has 1 saturated heterocycles. The summed E-state index contributed by atoms with van der Waals surface area (Å²) < 4.78 is 12.6. The van der Waals surface area contributed by atoms with E-state index in [1.807, 2.05) is 30.3 Å². The van der Waals surface area contributed by atoms with Crippen LogP contribution in [0.5, 0.6) is 11.5 Å². The number of rotatable bonds is 2. The van der Waals surface area contributed by atoms with Gasteiger partial charge in [0, 0.05) is 37.1 Å². The number of aromatic hydroxyl groups is 1. The Bertz CT molecular complexity index is 857. The van der Waals surface area contributed by atoms with Gasteiger partial charge in [0.15, 0.2) is 0 Å². The number of phenolic OH excluding ortho intramolecular Hbond substituents is 1.